The van der Waals surface area contributed by atoms with Gasteiger partial charge in [0, 0.05) is 19.6 Å². The van der Waals surface area contributed by atoms with Gasteiger partial charge in [0.15, 0.2) is 5.76 Å². The average Bonchev–Trinajstić information content (AvgIpc) is 2.86. The van der Waals surface area contributed by atoms with Gasteiger partial charge in [-0.05, 0) is 31.0 Å². The van der Waals surface area contributed by atoms with Crippen LogP contribution in [0.15, 0.2) is 22.8 Å². The Kier molecular flexibility index (Phi) is 7.41. The molecule has 1 fully saturated rings. The van der Waals surface area contributed by atoms with E-state index in [1.165, 1.54) is 6.26 Å². The molecule has 1 unspecified atom stereocenters. The maximum atomic E-state index is 12.7. The summed E-state index contributed by atoms with van der Waals surface area (Å²) >= 11 is 0. The summed E-state index contributed by atoms with van der Waals surface area (Å²) in [6, 6.07) is 2.72. The lowest BCUT2D eigenvalue weighted by Gasteiger charge is -2.28. The van der Waals surface area contributed by atoms with E-state index >= 15 is 0 Å². The molecule has 0 saturated carbocycles. The van der Waals surface area contributed by atoms with Crippen molar-refractivity contribution in [1.82, 2.24) is 15.5 Å². The molecule has 0 bridgehead atoms. The molecule has 1 aliphatic heterocycles. The summed E-state index contributed by atoms with van der Waals surface area (Å²) in [6.07, 6.45) is 2.38. The molecule has 2 N–H and O–H groups in total. The van der Waals surface area contributed by atoms with Crippen LogP contribution in [0.4, 0.5) is 0 Å². The number of hydrogen-bond donors (Lipinski definition) is 2. The summed E-state index contributed by atoms with van der Waals surface area (Å²) < 4.78 is 5.07. The number of nitrogens with zero attached hydrogens (tertiary/aromatic N) is 1. The van der Waals surface area contributed by atoms with Gasteiger partial charge >= 0.3 is 0 Å². The van der Waals surface area contributed by atoms with Crippen LogP contribution in [0.3, 0.4) is 0 Å². The number of hydrogen-bond acceptors (Lipinski definition) is 4. The van der Waals surface area contributed by atoms with Crippen LogP contribution in [0.1, 0.15) is 30.8 Å². The van der Waals surface area contributed by atoms with Crippen molar-refractivity contribution in [2.45, 2.75) is 26.3 Å². The Labute approximate surface area is 137 Å². The van der Waals surface area contributed by atoms with E-state index < -0.39 is 6.04 Å². The van der Waals surface area contributed by atoms with Crippen molar-refractivity contribution in [3.8, 4) is 0 Å². The van der Waals surface area contributed by atoms with Gasteiger partial charge in [0.2, 0.25) is 5.91 Å². The largest absolute Gasteiger partial charge is 0.459 e. The molecule has 2 amide bonds. The molecule has 2 heterocycles. The van der Waals surface area contributed by atoms with Crippen LogP contribution in [-0.4, -0.2) is 48.9 Å². The van der Waals surface area contributed by atoms with Crippen LogP contribution in [0, 0.1) is 5.92 Å². The van der Waals surface area contributed by atoms with Crippen LogP contribution >= 0.6 is 12.4 Å². The third kappa shape index (κ3) is 4.74. The number of carbonyl (C=O) groups excluding carboxylic acids is 2. The Hall–Kier alpha value is -1.53. The van der Waals surface area contributed by atoms with E-state index in [9.17, 15) is 9.59 Å². The molecule has 0 aromatic carbocycles. The summed E-state index contributed by atoms with van der Waals surface area (Å²) in [5.41, 5.74) is 0. The van der Waals surface area contributed by atoms with Crippen molar-refractivity contribution in [1.29, 1.82) is 0 Å². The zero-order valence-corrected chi connectivity index (χ0v) is 13.8. The zero-order chi connectivity index (χ0) is 15.2. The van der Waals surface area contributed by atoms with E-state index in [1.807, 2.05) is 18.7 Å². The first-order valence-electron chi connectivity index (χ1n) is 7.43. The van der Waals surface area contributed by atoms with Crippen molar-refractivity contribution < 1.29 is 14.0 Å². The van der Waals surface area contributed by atoms with Crippen LogP contribution in [-0.2, 0) is 4.79 Å². The van der Waals surface area contributed by atoms with E-state index in [1.54, 1.807) is 12.1 Å². The fourth-order valence-electron chi connectivity index (χ4n) is 2.40. The van der Waals surface area contributed by atoms with Crippen molar-refractivity contribution in [2.75, 3.05) is 26.2 Å². The second-order valence-electron chi connectivity index (χ2n) is 5.60. The summed E-state index contributed by atoms with van der Waals surface area (Å²) in [5, 5.41) is 6.06. The number of furan rings is 1. The van der Waals surface area contributed by atoms with Gasteiger partial charge < -0.3 is 20.0 Å². The van der Waals surface area contributed by atoms with Gasteiger partial charge in [-0.1, -0.05) is 13.8 Å². The highest BCUT2D eigenvalue weighted by molar-refractivity contribution is 5.95. The van der Waals surface area contributed by atoms with Crippen molar-refractivity contribution in [3.63, 3.8) is 0 Å². The second-order valence-corrected chi connectivity index (χ2v) is 5.60. The molecule has 1 aliphatic rings. The molecule has 1 atom stereocenters. The number of rotatable bonds is 4. The van der Waals surface area contributed by atoms with Gasteiger partial charge in [-0.25, -0.2) is 0 Å². The van der Waals surface area contributed by atoms with Gasteiger partial charge in [0.05, 0.1) is 6.26 Å². The summed E-state index contributed by atoms with van der Waals surface area (Å²) in [5.74, 6) is -0.118. The lowest BCUT2D eigenvalue weighted by atomic mass is 10.0. The van der Waals surface area contributed by atoms with Gasteiger partial charge in [0.25, 0.3) is 5.91 Å². The molecule has 7 heteroatoms. The van der Waals surface area contributed by atoms with Crippen molar-refractivity contribution >= 4 is 24.2 Å². The smallest absolute Gasteiger partial charge is 0.287 e. The average molecular weight is 330 g/mol. The first-order valence-corrected chi connectivity index (χ1v) is 7.43. The molecule has 1 aromatic heterocycles. The van der Waals surface area contributed by atoms with Gasteiger partial charge in [0.1, 0.15) is 6.04 Å². The van der Waals surface area contributed by atoms with E-state index in [4.69, 9.17) is 4.42 Å². The molecule has 0 aliphatic carbocycles. The minimum Gasteiger partial charge on any atom is -0.459 e. The van der Waals surface area contributed by atoms with E-state index in [0.29, 0.717) is 6.54 Å². The summed E-state index contributed by atoms with van der Waals surface area (Å²) in [6.45, 7) is 6.99. The lowest BCUT2D eigenvalue weighted by molar-refractivity contribution is -0.134. The normalized spacial score (nSPS) is 16.6. The molecule has 124 valence electrons. The fourth-order valence-corrected chi connectivity index (χ4v) is 2.40. The minimum atomic E-state index is -0.527. The number of nitrogens with one attached hydrogen (secondary N) is 2. The quantitative estimate of drug-likeness (QED) is 0.872. The van der Waals surface area contributed by atoms with Crippen LogP contribution in [0.2, 0.25) is 0 Å². The first kappa shape index (κ1) is 18.5. The van der Waals surface area contributed by atoms with E-state index in [2.05, 4.69) is 10.6 Å². The topological polar surface area (TPSA) is 74.6 Å². The Bertz CT molecular complexity index is 468. The molecular formula is C15H24ClN3O3. The number of amides is 2. The highest BCUT2D eigenvalue weighted by Gasteiger charge is 2.29. The van der Waals surface area contributed by atoms with Gasteiger partial charge in [-0.15, -0.1) is 12.4 Å². The van der Waals surface area contributed by atoms with E-state index in [-0.39, 0.29) is 35.9 Å². The molecular weight excluding hydrogens is 306 g/mol. The van der Waals surface area contributed by atoms with Crippen molar-refractivity contribution in [2.24, 2.45) is 5.92 Å². The Morgan fingerprint density at radius 3 is 2.73 bits per heavy atom. The molecule has 1 aromatic rings. The Balaban J connectivity index is 0.00000242. The zero-order valence-electron chi connectivity index (χ0n) is 13.0. The summed E-state index contributed by atoms with van der Waals surface area (Å²) in [4.78, 5) is 26.6. The van der Waals surface area contributed by atoms with E-state index in [0.717, 1.165) is 26.1 Å². The molecule has 6 nitrogen and oxygen atoms in total. The highest BCUT2D eigenvalue weighted by Crippen LogP contribution is 2.10. The first-order chi connectivity index (χ1) is 10.1. The van der Waals surface area contributed by atoms with Gasteiger partial charge in [-0.2, -0.15) is 0 Å². The summed E-state index contributed by atoms with van der Waals surface area (Å²) in [7, 11) is 0. The number of carbonyl (C=O) groups is 2. The Morgan fingerprint density at radius 2 is 2.09 bits per heavy atom. The maximum absolute atomic E-state index is 12.7. The maximum Gasteiger partial charge on any atom is 0.287 e. The second kappa shape index (κ2) is 8.80. The minimum absolute atomic E-state index is 0. The monoisotopic (exact) mass is 329 g/mol. The predicted octanol–water partition coefficient (Wildman–Crippen LogP) is 1.28. The van der Waals surface area contributed by atoms with Crippen LogP contribution < -0.4 is 10.6 Å². The molecule has 0 spiro atoms. The number of halogens is 1. The highest BCUT2D eigenvalue weighted by atomic mass is 35.5. The third-order valence-electron chi connectivity index (χ3n) is 3.62. The predicted molar refractivity (Wildman–Crippen MR) is 86.1 cm³/mol. The molecule has 1 saturated heterocycles. The third-order valence-corrected chi connectivity index (χ3v) is 3.62. The molecule has 0 radical (unpaired) electrons. The van der Waals surface area contributed by atoms with Gasteiger partial charge in [-0.3, -0.25) is 9.59 Å². The lowest BCUT2D eigenvalue weighted by Crippen LogP contribution is -2.51. The molecule has 22 heavy (non-hydrogen) atoms. The van der Waals surface area contributed by atoms with Crippen molar-refractivity contribution in [3.05, 3.63) is 24.2 Å². The SMILES string of the molecule is CC(C)C(NC(=O)c1ccco1)C(=O)N1CCCNCC1.Cl. The standard InChI is InChI=1S/C15H23N3O3.ClH/c1-11(2)13(17-14(19)12-5-3-10-21-12)15(20)18-8-4-6-16-7-9-18;/h3,5,10-11,13,16H,4,6-9H2,1-2H3,(H,17,19);1H. The van der Waals surface area contributed by atoms with Crippen LogP contribution in [0.5, 0.6) is 0 Å². The Morgan fingerprint density at radius 1 is 1.32 bits per heavy atom. The van der Waals surface area contributed by atoms with Crippen LogP contribution in [0.25, 0.3) is 0 Å². The fraction of sp³-hybridized carbons (Fsp3) is 0.600. The molecule has 2 rings (SSSR count).